The lowest BCUT2D eigenvalue weighted by Gasteiger charge is -2.33. The molecule has 3 aromatic rings. The normalized spacial score (nSPS) is 17.7. The quantitative estimate of drug-likeness (QED) is 0.786. The first-order valence-electron chi connectivity index (χ1n) is 8.84. The molecule has 0 unspecified atom stereocenters. The number of hydrogen-bond acceptors (Lipinski definition) is 5. The fourth-order valence-corrected chi connectivity index (χ4v) is 3.40. The molecular formula is C19H22N6O. The molecule has 134 valence electrons. The molecule has 1 aliphatic rings. The molecule has 7 heteroatoms. The van der Waals surface area contributed by atoms with Crippen LogP contribution in [0.15, 0.2) is 30.5 Å². The average molecular weight is 350 g/mol. The number of nitrogens with zero attached hydrogens (tertiary/aromatic N) is 5. The highest BCUT2D eigenvalue weighted by Crippen LogP contribution is 2.26. The lowest BCUT2D eigenvalue weighted by molar-refractivity contribution is -0.120. The van der Waals surface area contributed by atoms with Crippen molar-refractivity contribution in [1.29, 1.82) is 0 Å². The lowest BCUT2D eigenvalue weighted by Crippen LogP contribution is -2.48. The Kier molecular flexibility index (Phi) is 4.06. The van der Waals surface area contributed by atoms with Crippen LogP contribution in [0.5, 0.6) is 0 Å². The minimum absolute atomic E-state index is 0.0772. The molecule has 1 amide bonds. The Balaban J connectivity index is 1.62. The first-order chi connectivity index (χ1) is 12.5. The predicted octanol–water partition coefficient (Wildman–Crippen LogP) is 2.59. The summed E-state index contributed by atoms with van der Waals surface area (Å²) in [5.74, 6) is 1.40. The fraction of sp³-hybridized carbons (Fsp3) is 0.368. The van der Waals surface area contributed by atoms with Gasteiger partial charge in [0.25, 0.3) is 0 Å². The number of piperidine rings is 1. The molecule has 4 rings (SSSR count). The van der Waals surface area contributed by atoms with Crippen LogP contribution in [0.3, 0.4) is 0 Å². The second kappa shape index (κ2) is 6.40. The van der Waals surface area contributed by atoms with E-state index in [1.807, 2.05) is 50.1 Å². The molecule has 1 N–H and O–H groups in total. The van der Waals surface area contributed by atoms with Crippen LogP contribution in [-0.4, -0.2) is 38.2 Å². The molecule has 0 saturated carbocycles. The van der Waals surface area contributed by atoms with Gasteiger partial charge in [0, 0.05) is 19.3 Å². The number of amides is 1. The summed E-state index contributed by atoms with van der Waals surface area (Å²) in [6, 6.07) is 7.77. The Morgan fingerprint density at radius 1 is 1.15 bits per heavy atom. The van der Waals surface area contributed by atoms with E-state index in [2.05, 4.69) is 20.4 Å². The van der Waals surface area contributed by atoms with Gasteiger partial charge in [0.2, 0.25) is 5.91 Å². The number of benzene rings is 1. The summed E-state index contributed by atoms with van der Waals surface area (Å²) in [5, 5.41) is 8.43. The maximum absolute atomic E-state index is 13.0. The van der Waals surface area contributed by atoms with Crippen molar-refractivity contribution in [3.63, 3.8) is 0 Å². The van der Waals surface area contributed by atoms with Crippen molar-refractivity contribution in [3.05, 3.63) is 41.9 Å². The van der Waals surface area contributed by atoms with E-state index in [-0.39, 0.29) is 11.9 Å². The van der Waals surface area contributed by atoms with Crippen LogP contribution in [-0.2, 0) is 11.8 Å². The van der Waals surface area contributed by atoms with Crippen LogP contribution >= 0.6 is 0 Å². The summed E-state index contributed by atoms with van der Waals surface area (Å²) in [6.07, 6.45) is 3.46. The molecule has 0 spiro atoms. The van der Waals surface area contributed by atoms with E-state index in [1.54, 1.807) is 10.9 Å². The van der Waals surface area contributed by atoms with E-state index in [9.17, 15) is 4.79 Å². The molecule has 1 aromatic carbocycles. The smallest absolute Gasteiger partial charge is 0.249 e. The van der Waals surface area contributed by atoms with E-state index in [1.165, 1.54) is 5.56 Å². The third-order valence-electron chi connectivity index (χ3n) is 4.80. The third kappa shape index (κ3) is 2.89. The average Bonchev–Trinajstić information content (AvgIpc) is 2.99. The number of rotatable bonds is 3. The van der Waals surface area contributed by atoms with Gasteiger partial charge in [-0.15, -0.1) is 0 Å². The molecule has 26 heavy (non-hydrogen) atoms. The van der Waals surface area contributed by atoms with Crippen LogP contribution in [0.25, 0.3) is 11.0 Å². The van der Waals surface area contributed by atoms with Crippen LogP contribution in [0.1, 0.15) is 24.2 Å². The SMILES string of the molecule is Cc1ccc(N2CCC[C@@H](Nc3nc(C)nc4c3cnn4C)C2=O)cc1. The van der Waals surface area contributed by atoms with E-state index >= 15 is 0 Å². The van der Waals surface area contributed by atoms with Gasteiger partial charge in [0.15, 0.2) is 5.65 Å². The van der Waals surface area contributed by atoms with Gasteiger partial charge in [-0.2, -0.15) is 5.10 Å². The number of fused-ring (bicyclic) bond motifs is 1. The van der Waals surface area contributed by atoms with Crippen LogP contribution in [0.4, 0.5) is 11.5 Å². The summed E-state index contributed by atoms with van der Waals surface area (Å²) in [5.41, 5.74) is 2.89. The molecule has 0 aliphatic carbocycles. The Labute approximate surface area is 152 Å². The number of carbonyl (C=O) groups is 1. The summed E-state index contributed by atoms with van der Waals surface area (Å²) >= 11 is 0. The first kappa shape index (κ1) is 16.5. The Hall–Kier alpha value is -2.96. The molecule has 1 saturated heterocycles. The van der Waals surface area contributed by atoms with Crippen LogP contribution < -0.4 is 10.2 Å². The molecule has 2 aromatic heterocycles. The highest BCUT2D eigenvalue weighted by atomic mass is 16.2. The van der Waals surface area contributed by atoms with Crippen molar-refractivity contribution >= 4 is 28.4 Å². The molecule has 3 heterocycles. The number of nitrogens with one attached hydrogen (secondary N) is 1. The number of aryl methyl sites for hydroxylation is 3. The second-order valence-corrected chi connectivity index (χ2v) is 6.79. The van der Waals surface area contributed by atoms with Gasteiger partial charge < -0.3 is 10.2 Å². The predicted molar refractivity (Wildman–Crippen MR) is 101 cm³/mol. The highest BCUT2D eigenvalue weighted by molar-refractivity contribution is 6.00. The van der Waals surface area contributed by atoms with Crippen LogP contribution in [0, 0.1) is 13.8 Å². The topological polar surface area (TPSA) is 75.9 Å². The lowest BCUT2D eigenvalue weighted by atomic mass is 10.0. The highest BCUT2D eigenvalue weighted by Gasteiger charge is 2.30. The molecule has 0 bridgehead atoms. The second-order valence-electron chi connectivity index (χ2n) is 6.79. The molecule has 7 nitrogen and oxygen atoms in total. The maximum Gasteiger partial charge on any atom is 0.249 e. The molecule has 1 aliphatic heterocycles. The fourth-order valence-electron chi connectivity index (χ4n) is 3.40. The van der Waals surface area contributed by atoms with Crippen molar-refractivity contribution in [2.24, 2.45) is 7.05 Å². The largest absolute Gasteiger partial charge is 0.358 e. The maximum atomic E-state index is 13.0. The standard InChI is InChI=1S/C19H22N6O/c1-12-6-8-14(9-7-12)25-10-4-5-16(19(25)26)23-17-15-11-20-24(3)18(15)22-13(2)21-17/h6-9,11,16H,4-5,10H2,1-3H3,(H,21,22,23)/t16-/m1/s1. The van der Waals surface area contributed by atoms with Gasteiger partial charge in [-0.25, -0.2) is 9.97 Å². The zero-order chi connectivity index (χ0) is 18.3. The van der Waals surface area contributed by atoms with Crippen molar-refractivity contribution in [1.82, 2.24) is 19.7 Å². The Bertz CT molecular complexity index is 962. The van der Waals surface area contributed by atoms with E-state index in [0.29, 0.717) is 11.6 Å². The van der Waals surface area contributed by atoms with Crippen molar-refractivity contribution in [2.45, 2.75) is 32.7 Å². The van der Waals surface area contributed by atoms with E-state index in [0.717, 1.165) is 36.1 Å². The molecule has 1 atom stereocenters. The van der Waals surface area contributed by atoms with Crippen molar-refractivity contribution in [2.75, 3.05) is 16.8 Å². The summed E-state index contributed by atoms with van der Waals surface area (Å²) in [6.45, 7) is 4.63. The first-order valence-corrected chi connectivity index (χ1v) is 8.84. The van der Waals surface area contributed by atoms with Gasteiger partial charge in [-0.05, 0) is 38.8 Å². The molecular weight excluding hydrogens is 328 g/mol. The van der Waals surface area contributed by atoms with Gasteiger partial charge >= 0.3 is 0 Å². The van der Waals surface area contributed by atoms with Gasteiger partial charge in [0.05, 0.1) is 11.6 Å². The number of anilines is 2. The van der Waals surface area contributed by atoms with Gasteiger partial charge in [-0.3, -0.25) is 9.48 Å². The Morgan fingerprint density at radius 3 is 2.69 bits per heavy atom. The zero-order valence-corrected chi connectivity index (χ0v) is 15.2. The van der Waals surface area contributed by atoms with Gasteiger partial charge in [0.1, 0.15) is 17.7 Å². The molecule has 1 fully saturated rings. The zero-order valence-electron chi connectivity index (χ0n) is 15.2. The molecule has 0 radical (unpaired) electrons. The minimum Gasteiger partial charge on any atom is -0.358 e. The van der Waals surface area contributed by atoms with E-state index in [4.69, 9.17) is 0 Å². The Morgan fingerprint density at radius 2 is 1.92 bits per heavy atom. The number of aromatic nitrogens is 4. The summed E-state index contributed by atoms with van der Waals surface area (Å²) in [4.78, 5) is 23.8. The monoisotopic (exact) mass is 350 g/mol. The van der Waals surface area contributed by atoms with Crippen molar-refractivity contribution < 1.29 is 4.79 Å². The summed E-state index contributed by atoms with van der Waals surface area (Å²) in [7, 11) is 1.85. The summed E-state index contributed by atoms with van der Waals surface area (Å²) < 4.78 is 1.72. The number of carbonyl (C=O) groups excluding carboxylic acids is 1. The third-order valence-corrected chi connectivity index (χ3v) is 4.80. The van der Waals surface area contributed by atoms with Crippen molar-refractivity contribution in [3.8, 4) is 0 Å². The van der Waals surface area contributed by atoms with E-state index < -0.39 is 0 Å². The van der Waals surface area contributed by atoms with Crippen LogP contribution in [0.2, 0.25) is 0 Å². The minimum atomic E-state index is -0.303. The van der Waals surface area contributed by atoms with Gasteiger partial charge in [-0.1, -0.05) is 17.7 Å². The number of hydrogen-bond donors (Lipinski definition) is 1.